The van der Waals surface area contributed by atoms with E-state index in [-0.39, 0.29) is 11.7 Å². The average Bonchev–Trinajstić information content (AvgIpc) is 3.16. The number of hydrogen-bond donors (Lipinski definition) is 1. The highest BCUT2D eigenvalue weighted by atomic mass is 32.2. The van der Waals surface area contributed by atoms with E-state index in [1.807, 2.05) is 24.6 Å². The number of nitrogens with zero attached hydrogens (tertiary/aromatic N) is 2. The fourth-order valence-electron chi connectivity index (χ4n) is 2.73. The molecule has 0 radical (unpaired) electrons. The molecule has 0 fully saturated rings. The van der Waals surface area contributed by atoms with Crippen LogP contribution in [0.2, 0.25) is 0 Å². The molecule has 0 spiro atoms. The first-order chi connectivity index (χ1) is 13.5. The molecule has 0 aliphatic carbocycles. The van der Waals surface area contributed by atoms with E-state index in [4.69, 9.17) is 4.74 Å². The monoisotopic (exact) mass is 395 g/mol. The molecular formula is C21H21N3O3S. The molecule has 1 heterocycles. The van der Waals surface area contributed by atoms with Crippen molar-refractivity contribution < 1.29 is 14.3 Å². The number of nitrogens with one attached hydrogen (secondary N) is 1. The molecule has 144 valence electrons. The summed E-state index contributed by atoms with van der Waals surface area (Å²) < 4.78 is 6.68. The first kappa shape index (κ1) is 19.7. The summed E-state index contributed by atoms with van der Waals surface area (Å²) >= 11 is 1.35. The highest BCUT2D eigenvalue weighted by molar-refractivity contribution is 7.99. The molecule has 0 atom stereocenters. The van der Waals surface area contributed by atoms with E-state index in [1.54, 1.807) is 30.5 Å². The lowest BCUT2D eigenvalue weighted by Gasteiger charge is -2.11. The smallest absolute Gasteiger partial charge is 0.337 e. The zero-order valence-electron chi connectivity index (χ0n) is 15.9. The average molecular weight is 395 g/mol. The Bertz CT molecular complexity index is 1010. The summed E-state index contributed by atoms with van der Waals surface area (Å²) in [6, 6.07) is 12.9. The van der Waals surface area contributed by atoms with Gasteiger partial charge in [0.25, 0.3) is 0 Å². The van der Waals surface area contributed by atoms with Crippen LogP contribution in [0.4, 0.5) is 5.69 Å². The largest absolute Gasteiger partial charge is 0.465 e. The zero-order chi connectivity index (χ0) is 20.1. The Morgan fingerprint density at radius 1 is 1.18 bits per heavy atom. The fraction of sp³-hybridized carbons (Fsp3) is 0.190. The number of methoxy groups -OCH3 is 1. The van der Waals surface area contributed by atoms with Gasteiger partial charge in [-0.2, -0.15) is 0 Å². The van der Waals surface area contributed by atoms with Crippen LogP contribution < -0.4 is 5.32 Å². The van der Waals surface area contributed by atoms with Gasteiger partial charge in [-0.15, -0.1) is 0 Å². The lowest BCUT2D eigenvalue weighted by molar-refractivity contribution is -0.113. The molecule has 0 bridgehead atoms. The molecule has 0 unspecified atom stereocenters. The van der Waals surface area contributed by atoms with Crippen molar-refractivity contribution >= 4 is 29.3 Å². The van der Waals surface area contributed by atoms with Crippen LogP contribution in [0.1, 0.15) is 21.5 Å². The maximum absolute atomic E-state index is 12.3. The fourth-order valence-corrected chi connectivity index (χ4v) is 3.49. The molecule has 2 aromatic carbocycles. The minimum absolute atomic E-state index is 0.178. The van der Waals surface area contributed by atoms with Crippen molar-refractivity contribution in [2.45, 2.75) is 19.0 Å². The zero-order valence-corrected chi connectivity index (χ0v) is 16.7. The lowest BCUT2D eigenvalue weighted by atomic mass is 10.1. The second kappa shape index (κ2) is 8.75. The van der Waals surface area contributed by atoms with Crippen molar-refractivity contribution in [2.24, 2.45) is 0 Å². The Balaban J connectivity index is 1.67. The third-order valence-electron chi connectivity index (χ3n) is 4.13. The minimum Gasteiger partial charge on any atom is -0.465 e. The number of rotatable bonds is 6. The maximum Gasteiger partial charge on any atom is 0.337 e. The Labute approximate surface area is 167 Å². The second-order valence-electron chi connectivity index (χ2n) is 6.28. The number of carbonyl (C=O) groups is 2. The number of thioether (sulfide) groups is 1. The third-order valence-corrected chi connectivity index (χ3v) is 5.10. The van der Waals surface area contributed by atoms with E-state index >= 15 is 0 Å². The summed E-state index contributed by atoms with van der Waals surface area (Å²) in [7, 11) is 1.32. The van der Waals surface area contributed by atoms with Crippen LogP contribution in [0.3, 0.4) is 0 Å². The molecule has 0 aliphatic heterocycles. The normalized spacial score (nSPS) is 10.5. The van der Waals surface area contributed by atoms with Crippen molar-refractivity contribution in [3.05, 3.63) is 71.5 Å². The quantitative estimate of drug-likeness (QED) is 0.504. The number of aromatic nitrogens is 2. The van der Waals surface area contributed by atoms with Gasteiger partial charge in [0, 0.05) is 18.1 Å². The van der Waals surface area contributed by atoms with Gasteiger partial charge in [-0.3, -0.25) is 9.36 Å². The predicted molar refractivity (Wildman–Crippen MR) is 110 cm³/mol. The predicted octanol–water partition coefficient (Wildman–Crippen LogP) is 4.01. The van der Waals surface area contributed by atoms with Gasteiger partial charge < -0.3 is 10.1 Å². The van der Waals surface area contributed by atoms with Gasteiger partial charge in [0.2, 0.25) is 5.91 Å². The molecule has 28 heavy (non-hydrogen) atoms. The summed E-state index contributed by atoms with van der Waals surface area (Å²) in [4.78, 5) is 28.3. The summed E-state index contributed by atoms with van der Waals surface area (Å²) in [6.45, 7) is 4.09. The van der Waals surface area contributed by atoms with Crippen LogP contribution in [0.25, 0.3) is 5.69 Å². The van der Waals surface area contributed by atoms with Crippen LogP contribution in [-0.4, -0.2) is 34.3 Å². The molecule has 1 N–H and O–H groups in total. The maximum atomic E-state index is 12.3. The second-order valence-corrected chi connectivity index (χ2v) is 7.22. The molecule has 1 aromatic heterocycles. The number of ether oxygens (including phenoxy) is 1. The highest BCUT2D eigenvalue weighted by Gasteiger charge is 2.12. The van der Waals surface area contributed by atoms with Crippen LogP contribution in [-0.2, 0) is 9.53 Å². The van der Waals surface area contributed by atoms with Crippen LogP contribution in [0.5, 0.6) is 0 Å². The molecule has 0 saturated heterocycles. The summed E-state index contributed by atoms with van der Waals surface area (Å²) in [5, 5.41) is 3.54. The number of carbonyl (C=O) groups excluding carboxylic acids is 2. The number of hydrogen-bond acceptors (Lipinski definition) is 5. The standard InChI is InChI=1S/C21H21N3O3S/c1-14-7-8-15(2)18(11-14)24-10-9-22-21(24)28-13-19(25)23-17-6-4-5-16(12-17)20(26)27-3/h4-12H,13H2,1-3H3,(H,23,25). The van der Waals surface area contributed by atoms with Crippen molar-refractivity contribution in [1.82, 2.24) is 9.55 Å². The van der Waals surface area contributed by atoms with Crippen LogP contribution in [0.15, 0.2) is 60.0 Å². The number of amides is 1. The minimum atomic E-state index is -0.443. The first-order valence-electron chi connectivity index (χ1n) is 8.70. The van der Waals surface area contributed by atoms with Crippen LogP contribution in [0, 0.1) is 13.8 Å². The van der Waals surface area contributed by atoms with Crippen molar-refractivity contribution in [1.29, 1.82) is 0 Å². The summed E-state index contributed by atoms with van der Waals surface area (Å²) in [5.41, 5.74) is 4.28. The van der Waals surface area contributed by atoms with E-state index in [9.17, 15) is 9.59 Å². The SMILES string of the molecule is COC(=O)c1cccc(NC(=O)CSc2nccn2-c2cc(C)ccc2C)c1. The summed E-state index contributed by atoms with van der Waals surface area (Å²) in [5.74, 6) is -0.423. The van der Waals surface area contributed by atoms with Crippen molar-refractivity contribution in [2.75, 3.05) is 18.2 Å². The van der Waals surface area contributed by atoms with E-state index < -0.39 is 5.97 Å². The number of anilines is 1. The molecule has 0 aliphatic rings. The Morgan fingerprint density at radius 2 is 2.00 bits per heavy atom. The Morgan fingerprint density at radius 3 is 2.79 bits per heavy atom. The van der Waals surface area contributed by atoms with Gasteiger partial charge in [-0.25, -0.2) is 9.78 Å². The number of imidazole rings is 1. The lowest BCUT2D eigenvalue weighted by Crippen LogP contribution is -2.15. The van der Waals surface area contributed by atoms with E-state index in [1.165, 1.54) is 18.9 Å². The van der Waals surface area contributed by atoms with Crippen LogP contribution >= 0.6 is 11.8 Å². The molecule has 1 amide bonds. The molecule has 6 nitrogen and oxygen atoms in total. The molecule has 0 saturated carbocycles. The number of benzene rings is 2. The molecular weight excluding hydrogens is 374 g/mol. The molecule has 7 heteroatoms. The van der Waals surface area contributed by atoms with Crippen molar-refractivity contribution in [3.63, 3.8) is 0 Å². The number of esters is 1. The Hall–Kier alpha value is -3.06. The van der Waals surface area contributed by atoms with Gasteiger partial charge >= 0.3 is 5.97 Å². The Kier molecular flexibility index (Phi) is 6.16. The molecule has 3 aromatic rings. The van der Waals surface area contributed by atoms with Gasteiger partial charge in [0.05, 0.1) is 24.1 Å². The highest BCUT2D eigenvalue weighted by Crippen LogP contribution is 2.24. The topological polar surface area (TPSA) is 73.2 Å². The van der Waals surface area contributed by atoms with E-state index in [0.717, 1.165) is 22.0 Å². The van der Waals surface area contributed by atoms with Crippen molar-refractivity contribution in [3.8, 4) is 5.69 Å². The van der Waals surface area contributed by atoms with Gasteiger partial charge in [-0.1, -0.05) is 30.0 Å². The van der Waals surface area contributed by atoms with E-state index in [0.29, 0.717) is 11.3 Å². The third kappa shape index (κ3) is 4.61. The van der Waals surface area contributed by atoms with Gasteiger partial charge in [0.15, 0.2) is 5.16 Å². The number of aryl methyl sites for hydroxylation is 2. The van der Waals surface area contributed by atoms with Gasteiger partial charge in [-0.05, 0) is 49.2 Å². The summed E-state index contributed by atoms with van der Waals surface area (Å²) in [6.07, 6.45) is 3.61. The first-order valence-corrected chi connectivity index (χ1v) is 9.68. The molecule has 3 rings (SSSR count). The van der Waals surface area contributed by atoms with Gasteiger partial charge in [0.1, 0.15) is 0 Å². The van der Waals surface area contributed by atoms with E-state index in [2.05, 4.69) is 28.5 Å².